The number of methoxy groups -OCH3 is 1. The van der Waals surface area contributed by atoms with Crippen LogP contribution in [0.4, 0.5) is 17.6 Å². The molecule has 4 rings (SSSR count). The molecular formula is C21H17F4N3O3. The molecule has 1 N–H and O–H groups in total. The number of carbonyl (C=O) groups is 1. The highest BCUT2D eigenvalue weighted by Gasteiger charge is 2.32. The van der Waals surface area contributed by atoms with Crippen LogP contribution in [0.3, 0.4) is 0 Å². The maximum absolute atomic E-state index is 14.2. The van der Waals surface area contributed by atoms with Crippen molar-refractivity contribution in [1.82, 2.24) is 15.3 Å². The Morgan fingerprint density at radius 1 is 1.29 bits per heavy atom. The van der Waals surface area contributed by atoms with Gasteiger partial charge in [-0.2, -0.15) is 13.2 Å². The first-order valence-electron chi connectivity index (χ1n) is 9.44. The fourth-order valence-electron chi connectivity index (χ4n) is 3.45. The van der Waals surface area contributed by atoms with Crippen LogP contribution >= 0.6 is 0 Å². The average molecular weight is 435 g/mol. The summed E-state index contributed by atoms with van der Waals surface area (Å²) in [6.45, 7) is 0. The molecule has 2 heterocycles. The maximum Gasteiger partial charge on any atom is 0.416 e. The molecule has 0 radical (unpaired) electrons. The number of hydrogen-bond donors (Lipinski definition) is 1. The van der Waals surface area contributed by atoms with Gasteiger partial charge in [0.25, 0.3) is 5.91 Å². The van der Waals surface area contributed by atoms with Crippen LogP contribution in [0.2, 0.25) is 0 Å². The Labute approximate surface area is 174 Å². The molecule has 31 heavy (non-hydrogen) atoms. The van der Waals surface area contributed by atoms with Gasteiger partial charge in [0, 0.05) is 11.6 Å². The van der Waals surface area contributed by atoms with E-state index in [2.05, 4.69) is 15.3 Å². The number of aromatic nitrogens is 2. The number of pyridine rings is 1. The summed E-state index contributed by atoms with van der Waals surface area (Å²) in [4.78, 5) is 20.7. The molecule has 0 bridgehead atoms. The summed E-state index contributed by atoms with van der Waals surface area (Å²) in [5.41, 5.74) is -0.407. The number of benzene rings is 1. The van der Waals surface area contributed by atoms with Crippen LogP contribution in [-0.4, -0.2) is 23.0 Å². The fraction of sp³-hybridized carbons (Fsp3) is 0.286. The second-order valence-electron chi connectivity index (χ2n) is 7.03. The van der Waals surface area contributed by atoms with Crippen LogP contribution in [0.1, 0.15) is 46.3 Å². The van der Waals surface area contributed by atoms with Gasteiger partial charge in [0.05, 0.1) is 36.2 Å². The van der Waals surface area contributed by atoms with E-state index in [0.717, 1.165) is 18.3 Å². The molecule has 3 aromatic rings. The Morgan fingerprint density at radius 2 is 2.10 bits per heavy atom. The monoisotopic (exact) mass is 435 g/mol. The Bertz CT molecular complexity index is 1130. The first kappa shape index (κ1) is 20.8. The molecule has 162 valence electrons. The quantitative estimate of drug-likeness (QED) is 0.601. The third-order valence-corrected chi connectivity index (χ3v) is 4.98. The zero-order chi connectivity index (χ0) is 22.2. The van der Waals surface area contributed by atoms with Crippen molar-refractivity contribution in [1.29, 1.82) is 0 Å². The van der Waals surface area contributed by atoms with E-state index in [1.54, 1.807) is 0 Å². The minimum absolute atomic E-state index is 0.0171. The van der Waals surface area contributed by atoms with Crippen molar-refractivity contribution < 1.29 is 31.5 Å². The summed E-state index contributed by atoms with van der Waals surface area (Å²) in [5.74, 6) is -0.759. The second kappa shape index (κ2) is 8.01. The number of alkyl halides is 3. The van der Waals surface area contributed by atoms with Crippen molar-refractivity contribution in [3.63, 3.8) is 0 Å². The average Bonchev–Trinajstić information content (AvgIpc) is 3.19. The van der Waals surface area contributed by atoms with E-state index in [-0.39, 0.29) is 22.9 Å². The van der Waals surface area contributed by atoms with Crippen molar-refractivity contribution >= 4 is 5.91 Å². The Balaban J connectivity index is 1.60. The molecule has 2 aromatic heterocycles. The second-order valence-corrected chi connectivity index (χ2v) is 7.03. The minimum atomic E-state index is -4.55. The van der Waals surface area contributed by atoms with E-state index >= 15 is 0 Å². The lowest BCUT2D eigenvalue weighted by Crippen LogP contribution is -2.30. The normalized spacial score (nSPS) is 16.0. The molecule has 1 aliphatic carbocycles. The molecule has 0 saturated heterocycles. The number of rotatable bonds is 4. The van der Waals surface area contributed by atoms with Crippen LogP contribution in [0.25, 0.3) is 11.5 Å². The van der Waals surface area contributed by atoms with E-state index in [0.29, 0.717) is 30.7 Å². The molecule has 0 spiro atoms. The highest BCUT2D eigenvalue weighted by Crippen LogP contribution is 2.35. The Hall–Kier alpha value is -3.43. The molecule has 1 aromatic carbocycles. The number of aryl methyl sites for hydroxylation is 1. The molecule has 0 saturated carbocycles. The number of carbonyl (C=O) groups excluding carboxylic acids is 1. The number of ether oxygens (including phenoxy) is 1. The number of fused-ring (bicyclic) bond motifs is 1. The molecule has 6 nitrogen and oxygen atoms in total. The molecule has 0 unspecified atom stereocenters. The van der Waals surface area contributed by atoms with Crippen LogP contribution in [-0.2, 0) is 12.6 Å². The molecule has 0 aliphatic heterocycles. The third-order valence-electron chi connectivity index (χ3n) is 4.98. The minimum Gasteiger partial charge on any atom is -0.481 e. The number of hydrogen-bond acceptors (Lipinski definition) is 5. The summed E-state index contributed by atoms with van der Waals surface area (Å²) >= 11 is 0. The Morgan fingerprint density at radius 3 is 2.84 bits per heavy atom. The summed E-state index contributed by atoms with van der Waals surface area (Å²) < 4.78 is 63.8. The van der Waals surface area contributed by atoms with E-state index in [4.69, 9.17) is 9.15 Å². The SMILES string of the molecule is COc1cc(-c2nc3c(o2)[C@H](NC(=O)c2cccc(C(F)(F)F)c2)CCC3)c(F)cn1. The largest absolute Gasteiger partial charge is 0.481 e. The van der Waals surface area contributed by atoms with Crippen LogP contribution in [0, 0.1) is 5.82 Å². The first-order chi connectivity index (χ1) is 14.8. The lowest BCUT2D eigenvalue weighted by atomic mass is 9.96. The van der Waals surface area contributed by atoms with Gasteiger partial charge < -0.3 is 14.5 Å². The van der Waals surface area contributed by atoms with Crippen LogP contribution < -0.4 is 10.1 Å². The summed E-state index contributed by atoms with van der Waals surface area (Å²) in [7, 11) is 1.39. The van der Waals surface area contributed by atoms with Crippen molar-refractivity contribution in [3.8, 4) is 17.3 Å². The maximum atomic E-state index is 14.2. The van der Waals surface area contributed by atoms with Crippen molar-refractivity contribution in [2.24, 2.45) is 0 Å². The van der Waals surface area contributed by atoms with Gasteiger partial charge >= 0.3 is 6.18 Å². The van der Waals surface area contributed by atoms with Gasteiger partial charge in [-0.15, -0.1) is 0 Å². The highest BCUT2D eigenvalue weighted by molar-refractivity contribution is 5.94. The molecule has 1 atom stereocenters. The fourth-order valence-corrected chi connectivity index (χ4v) is 3.45. The van der Waals surface area contributed by atoms with E-state index in [9.17, 15) is 22.4 Å². The van der Waals surface area contributed by atoms with Gasteiger partial charge in [-0.1, -0.05) is 6.07 Å². The smallest absolute Gasteiger partial charge is 0.416 e. The summed E-state index contributed by atoms with van der Waals surface area (Å²) in [6, 6.07) is 4.93. The third kappa shape index (κ3) is 4.23. The summed E-state index contributed by atoms with van der Waals surface area (Å²) in [5, 5.41) is 2.70. The van der Waals surface area contributed by atoms with Gasteiger partial charge in [-0.05, 0) is 37.5 Å². The van der Waals surface area contributed by atoms with Gasteiger partial charge in [-0.3, -0.25) is 4.79 Å². The lowest BCUT2D eigenvalue weighted by Gasteiger charge is -2.21. The standard InChI is InChI=1S/C21H17F4N3O3/c1-30-17-9-13(14(22)10-26-17)20-28-16-7-3-6-15(18(16)31-20)27-19(29)11-4-2-5-12(8-11)21(23,24)25/h2,4-5,8-10,15H,3,6-7H2,1H3,(H,27,29)/t15-/m1/s1. The molecular weight excluding hydrogens is 418 g/mol. The zero-order valence-corrected chi connectivity index (χ0v) is 16.3. The number of oxazole rings is 1. The molecule has 0 fully saturated rings. The molecule has 1 amide bonds. The number of nitrogens with one attached hydrogen (secondary N) is 1. The summed E-state index contributed by atoms with van der Waals surface area (Å²) in [6.07, 6.45) is -1.81. The van der Waals surface area contributed by atoms with Crippen molar-refractivity contribution in [2.45, 2.75) is 31.5 Å². The first-order valence-corrected chi connectivity index (χ1v) is 9.44. The number of halogens is 4. The molecule has 1 aliphatic rings. The van der Waals surface area contributed by atoms with Crippen LogP contribution in [0.5, 0.6) is 5.88 Å². The zero-order valence-electron chi connectivity index (χ0n) is 16.3. The van der Waals surface area contributed by atoms with E-state index in [1.807, 2.05) is 0 Å². The number of amides is 1. The van der Waals surface area contributed by atoms with Crippen LogP contribution in [0.15, 0.2) is 40.9 Å². The van der Waals surface area contributed by atoms with Gasteiger partial charge in [0.1, 0.15) is 5.76 Å². The predicted molar refractivity (Wildman–Crippen MR) is 101 cm³/mol. The highest BCUT2D eigenvalue weighted by atomic mass is 19.4. The molecule has 10 heteroatoms. The lowest BCUT2D eigenvalue weighted by molar-refractivity contribution is -0.137. The van der Waals surface area contributed by atoms with Gasteiger partial charge in [-0.25, -0.2) is 14.4 Å². The Kier molecular flexibility index (Phi) is 5.38. The van der Waals surface area contributed by atoms with E-state index in [1.165, 1.54) is 25.3 Å². The topological polar surface area (TPSA) is 77.3 Å². The van der Waals surface area contributed by atoms with Gasteiger partial charge in [0.15, 0.2) is 5.82 Å². The van der Waals surface area contributed by atoms with Gasteiger partial charge in [0.2, 0.25) is 11.8 Å². The van der Waals surface area contributed by atoms with Crippen molar-refractivity contribution in [3.05, 3.63) is 64.9 Å². The van der Waals surface area contributed by atoms with E-state index < -0.39 is 29.5 Å². The predicted octanol–water partition coefficient (Wildman–Crippen LogP) is 4.71. The number of nitrogens with zero attached hydrogens (tertiary/aromatic N) is 2. The van der Waals surface area contributed by atoms with Crippen molar-refractivity contribution in [2.75, 3.05) is 7.11 Å².